The molecule has 92 valence electrons. The predicted octanol–water partition coefficient (Wildman–Crippen LogP) is 0.990. The number of hydrogen-bond acceptors (Lipinski definition) is 3. The van der Waals surface area contributed by atoms with E-state index in [0.717, 1.165) is 29.9 Å². The highest BCUT2D eigenvalue weighted by atomic mass is 16.2. The number of anilines is 2. The van der Waals surface area contributed by atoms with Crippen molar-refractivity contribution in [3.8, 4) is 0 Å². The third-order valence-corrected chi connectivity index (χ3v) is 3.28. The van der Waals surface area contributed by atoms with Gasteiger partial charge in [-0.2, -0.15) is 0 Å². The van der Waals surface area contributed by atoms with E-state index in [4.69, 9.17) is 5.73 Å². The molecule has 17 heavy (non-hydrogen) atoms. The van der Waals surface area contributed by atoms with Crippen LogP contribution in [-0.2, 0) is 11.2 Å². The van der Waals surface area contributed by atoms with E-state index in [9.17, 15) is 4.79 Å². The molecule has 0 bridgehead atoms. The zero-order chi connectivity index (χ0) is 12.4. The molecular formula is C13H19N3O. The standard InChI is InChI=1S/C13H19N3O/c1-15(7-3-6-14)11-4-5-12-10(8-11)9-13(17)16(12)2/h4-5,8H,3,6-7,9,14H2,1-2H3. The van der Waals surface area contributed by atoms with Gasteiger partial charge in [-0.1, -0.05) is 0 Å². The van der Waals surface area contributed by atoms with Crippen molar-refractivity contribution in [2.75, 3.05) is 37.0 Å². The Morgan fingerprint density at radius 3 is 2.94 bits per heavy atom. The SMILES string of the molecule is CN(CCCN)c1ccc2c(c1)CC(=O)N2C. The highest BCUT2D eigenvalue weighted by Gasteiger charge is 2.24. The molecule has 1 amide bonds. The number of fused-ring (bicyclic) bond motifs is 1. The first-order valence-corrected chi connectivity index (χ1v) is 5.94. The van der Waals surface area contributed by atoms with Crippen LogP contribution in [0.5, 0.6) is 0 Å². The van der Waals surface area contributed by atoms with Gasteiger partial charge in [0.1, 0.15) is 0 Å². The molecule has 4 heteroatoms. The van der Waals surface area contributed by atoms with Crippen molar-refractivity contribution in [2.45, 2.75) is 12.8 Å². The van der Waals surface area contributed by atoms with E-state index in [-0.39, 0.29) is 5.91 Å². The number of carbonyl (C=O) groups is 1. The van der Waals surface area contributed by atoms with E-state index in [1.54, 1.807) is 4.90 Å². The van der Waals surface area contributed by atoms with E-state index in [0.29, 0.717) is 13.0 Å². The number of nitrogens with zero attached hydrogens (tertiary/aromatic N) is 2. The molecule has 0 aromatic heterocycles. The minimum atomic E-state index is 0.168. The van der Waals surface area contributed by atoms with Crippen LogP contribution in [0.1, 0.15) is 12.0 Å². The average Bonchev–Trinajstić information content (AvgIpc) is 2.61. The van der Waals surface area contributed by atoms with Gasteiger partial charge in [-0.05, 0) is 36.7 Å². The first-order valence-electron chi connectivity index (χ1n) is 5.94. The van der Waals surface area contributed by atoms with Gasteiger partial charge in [-0.3, -0.25) is 4.79 Å². The van der Waals surface area contributed by atoms with Crippen LogP contribution in [0, 0.1) is 0 Å². The summed E-state index contributed by atoms with van der Waals surface area (Å²) in [5.41, 5.74) is 8.81. The van der Waals surface area contributed by atoms with Gasteiger partial charge in [0.2, 0.25) is 5.91 Å². The van der Waals surface area contributed by atoms with E-state index >= 15 is 0 Å². The zero-order valence-corrected chi connectivity index (χ0v) is 10.4. The largest absolute Gasteiger partial charge is 0.375 e. The fourth-order valence-electron chi connectivity index (χ4n) is 2.15. The molecule has 0 fully saturated rings. The first kappa shape index (κ1) is 11.9. The van der Waals surface area contributed by atoms with Crippen molar-refractivity contribution in [2.24, 2.45) is 5.73 Å². The summed E-state index contributed by atoms with van der Waals surface area (Å²) in [6.45, 7) is 1.65. The summed E-state index contributed by atoms with van der Waals surface area (Å²) in [4.78, 5) is 15.5. The van der Waals surface area contributed by atoms with Gasteiger partial charge in [0.25, 0.3) is 0 Å². The molecule has 0 saturated heterocycles. The van der Waals surface area contributed by atoms with E-state index in [1.165, 1.54) is 0 Å². The lowest BCUT2D eigenvalue weighted by molar-refractivity contribution is -0.117. The van der Waals surface area contributed by atoms with Gasteiger partial charge in [-0.15, -0.1) is 0 Å². The number of hydrogen-bond donors (Lipinski definition) is 1. The molecule has 4 nitrogen and oxygen atoms in total. The molecule has 1 heterocycles. The molecule has 0 radical (unpaired) electrons. The summed E-state index contributed by atoms with van der Waals surface area (Å²) in [5, 5.41) is 0. The topological polar surface area (TPSA) is 49.6 Å². The fraction of sp³-hybridized carbons (Fsp3) is 0.462. The van der Waals surface area contributed by atoms with Crippen LogP contribution < -0.4 is 15.5 Å². The minimum Gasteiger partial charge on any atom is -0.375 e. The van der Waals surface area contributed by atoms with Crippen LogP contribution >= 0.6 is 0 Å². The minimum absolute atomic E-state index is 0.168. The van der Waals surface area contributed by atoms with Crippen molar-refractivity contribution in [1.82, 2.24) is 0 Å². The number of rotatable bonds is 4. The lowest BCUT2D eigenvalue weighted by Crippen LogP contribution is -2.21. The van der Waals surface area contributed by atoms with Crippen molar-refractivity contribution in [3.05, 3.63) is 23.8 Å². The number of carbonyl (C=O) groups excluding carboxylic acids is 1. The third-order valence-electron chi connectivity index (χ3n) is 3.28. The second-order valence-electron chi connectivity index (χ2n) is 4.51. The van der Waals surface area contributed by atoms with E-state index < -0.39 is 0 Å². The van der Waals surface area contributed by atoms with E-state index in [2.05, 4.69) is 24.1 Å². The lowest BCUT2D eigenvalue weighted by atomic mass is 10.1. The Labute approximate surface area is 102 Å². The Kier molecular flexibility index (Phi) is 3.33. The summed E-state index contributed by atoms with van der Waals surface area (Å²) in [6.07, 6.45) is 1.50. The summed E-state index contributed by atoms with van der Waals surface area (Å²) in [5.74, 6) is 0.168. The quantitative estimate of drug-likeness (QED) is 0.843. The second-order valence-corrected chi connectivity index (χ2v) is 4.51. The van der Waals surface area contributed by atoms with Crippen LogP contribution in [0.2, 0.25) is 0 Å². The molecule has 2 rings (SSSR count). The molecule has 0 aliphatic carbocycles. The average molecular weight is 233 g/mol. The first-order chi connectivity index (χ1) is 8.13. The van der Waals surface area contributed by atoms with Crippen LogP contribution in [0.3, 0.4) is 0 Å². The molecule has 0 spiro atoms. The molecule has 1 aromatic rings. The molecule has 0 atom stereocenters. The molecule has 2 N–H and O–H groups in total. The van der Waals surface area contributed by atoms with E-state index in [1.807, 2.05) is 13.1 Å². The van der Waals surface area contributed by atoms with Crippen LogP contribution in [0.25, 0.3) is 0 Å². The maximum absolute atomic E-state index is 11.6. The number of likely N-dealkylation sites (N-methyl/N-ethyl adjacent to an activating group) is 1. The van der Waals surface area contributed by atoms with Crippen molar-refractivity contribution in [3.63, 3.8) is 0 Å². The molecular weight excluding hydrogens is 214 g/mol. The van der Waals surface area contributed by atoms with Gasteiger partial charge in [0.05, 0.1) is 6.42 Å². The van der Waals surface area contributed by atoms with Crippen molar-refractivity contribution in [1.29, 1.82) is 0 Å². The Bertz CT molecular complexity index is 431. The summed E-state index contributed by atoms with van der Waals surface area (Å²) < 4.78 is 0. The van der Waals surface area contributed by atoms with Gasteiger partial charge in [0.15, 0.2) is 0 Å². The number of amides is 1. The Hall–Kier alpha value is -1.55. The van der Waals surface area contributed by atoms with Crippen molar-refractivity contribution >= 4 is 17.3 Å². The summed E-state index contributed by atoms with van der Waals surface area (Å²) in [6, 6.07) is 6.19. The smallest absolute Gasteiger partial charge is 0.231 e. The van der Waals surface area contributed by atoms with Crippen molar-refractivity contribution < 1.29 is 4.79 Å². The van der Waals surface area contributed by atoms with Gasteiger partial charge >= 0.3 is 0 Å². The molecule has 1 aromatic carbocycles. The van der Waals surface area contributed by atoms with Crippen LogP contribution in [-0.4, -0.2) is 33.1 Å². The summed E-state index contributed by atoms with van der Waals surface area (Å²) >= 11 is 0. The monoisotopic (exact) mass is 233 g/mol. The lowest BCUT2D eigenvalue weighted by Gasteiger charge is -2.20. The molecule has 1 aliphatic rings. The van der Waals surface area contributed by atoms with Crippen LogP contribution in [0.4, 0.5) is 11.4 Å². The molecule has 1 aliphatic heterocycles. The predicted molar refractivity (Wildman–Crippen MR) is 70.5 cm³/mol. The van der Waals surface area contributed by atoms with Gasteiger partial charge < -0.3 is 15.5 Å². The Morgan fingerprint density at radius 1 is 1.47 bits per heavy atom. The Morgan fingerprint density at radius 2 is 2.24 bits per heavy atom. The molecule has 0 saturated carbocycles. The number of benzene rings is 1. The zero-order valence-electron chi connectivity index (χ0n) is 10.4. The summed E-state index contributed by atoms with van der Waals surface area (Å²) in [7, 11) is 3.88. The van der Waals surface area contributed by atoms with Crippen LogP contribution in [0.15, 0.2) is 18.2 Å². The normalized spacial score (nSPS) is 14.1. The van der Waals surface area contributed by atoms with Gasteiger partial charge in [-0.25, -0.2) is 0 Å². The third kappa shape index (κ3) is 2.26. The highest BCUT2D eigenvalue weighted by Crippen LogP contribution is 2.30. The van der Waals surface area contributed by atoms with Gasteiger partial charge in [0, 0.05) is 32.0 Å². The maximum Gasteiger partial charge on any atom is 0.231 e. The number of nitrogens with two attached hydrogens (primary N) is 1. The fourth-order valence-corrected chi connectivity index (χ4v) is 2.15. The molecule has 0 unspecified atom stereocenters. The maximum atomic E-state index is 11.6. The Balaban J connectivity index is 2.18. The second kappa shape index (κ2) is 4.75. The highest BCUT2D eigenvalue weighted by molar-refractivity contribution is 6.01.